The summed E-state index contributed by atoms with van der Waals surface area (Å²) >= 11 is 12.8. The van der Waals surface area contributed by atoms with Crippen molar-refractivity contribution in [3.05, 3.63) is 57.1 Å². The molecule has 202 valence electrons. The number of rotatable bonds is 1. The molecule has 38 heavy (non-hydrogen) atoms. The summed E-state index contributed by atoms with van der Waals surface area (Å²) in [4.78, 5) is 32.3. The van der Waals surface area contributed by atoms with Crippen molar-refractivity contribution in [1.82, 2.24) is 4.90 Å². The van der Waals surface area contributed by atoms with Gasteiger partial charge in [-0.2, -0.15) is 26.3 Å². The Labute approximate surface area is 222 Å². The van der Waals surface area contributed by atoms with Crippen LogP contribution in [0.5, 0.6) is 0 Å². The largest absolute Gasteiger partial charge is 0.416 e. The standard InChI is InChI=1S/C25H19Cl2F6N3O2/c1-34-10-23(15-8-13(26)9-16(27)20(15)34)19-18(17-3-2-4-35(17)23)21(37)36(22(19)38)14-6-11(24(28,29)30)5-12(7-14)25(31,32)33/h5-9,17-19H,2-4,10H2,1H3. The van der Waals surface area contributed by atoms with Gasteiger partial charge in [0.25, 0.3) is 0 Å². The van der Waals surface area contributed by atoms with Crippen LogP contribution >= 0.6 is 23.2 Å². The van der Waals surface area contributed by atoms with Crippen molar-refractivity contribution in [2.24, 2.45) is 11.8 Å². The topological polar surface area (TPSA) is 43.9 Å². The van der Waals surface area contributed by atoms with Crippen LogP contribution in [0.1, 0.15) is 29.5 Å². The number of fused-ring (bicyclic) bond motifs is 7. The normalized spacial score (nSPS) is 29.0. The summed E-state index contributed by atoms with van der Waals surface area (Å²) in [7, 11) is 1.77. The summed E-state index contributed by atoms with van der Waals surface area (Å²) in [6.07, 6.45) is -8.98. The van der Waals surface area contributed by atoms with Crippen molar-refractivity contribution >= 4 is 46.4 Å². The highest BCUT2D eigenvalue weighted by Crippen LogP contribution is 2.62. The summed E-state index contributed by atoms with van der Waals surface area (Å²) in [5, 5.41) is 0.649. The maximum absolute atomic E-state index is 14.0. The molecular formula is C25H19Cl2F6N3O2. The third-order valence-corrected chi connectivity index (χ3v) is 8.78. The number of imide groups is 1. The van der Waals surface area contributed by atoms with E-state index in [1.54, 1.807) is 19.2 Å². The molecule has 2 aromatic carbocycles. The number of alkyl halides is 6. The molecule has 4 heterocycles. The number of hydrogen-bond donors (Lipinski definition) is 0. The Morgan fingerprint density at radius 1 is 0.921 bits per heavy atom. The van der Waals surface area contributed by atoms with Gasteiger partial charge in [0, 0.05) is 30.2 Å². The molecule has 4 unspecified atom stereocenters. The number of nitrogens with zero attached hydrogens (tertiary/aromatic N) is 3. The smallest absolute Gasteiger partial charge is 0.371 e. The Hall–Kier alpha value is -2.50. The van der Waals surface area contributed by atoms with Crippen LogP contribution in [0.25, 0.3) is 0 Å². The summed E-state index contributed by atoms with van der Waals surface area (Å²) in [5.74, 6) is -3.61. The minimum Gasteiger partial charge on any atom is -0.371 e. The van der Waals surface area contributed by atoms with Gasteiger partial charge in [-0.25, -0.2) is 4.90 Å². The first-order valence-corrected chi connectivity index (χ1v) is 12.6. The molecule has 6 rings (SSSR count). The molecule has 0 bridgehead atoms. The third kappa shape index (κ3) is 3.37. The lowest BCUT2D eigenvalue weighted by atomic mass is 9.76. The predicted molar refractivity (Wildman–Crippen MR) is 127 cm³/mol. The molecule has 3 fully saturated rings. The highest BCUT2D eigenvalue weighted by Gasteiger charge is 2.72. The number of amides is 2. The Morgan fingerprint density at radius 3 is 2.16 bits per heavy atom. The zero-order valence-electron chi connectivity index (χ0n) is 19.6. The van der Waals surface area contributed by atoms with Crippen molar-refractivity contribution in [3.8, 4) is 0 Å². The van der Waals surface area contributed by atoms with Gasteiger partial charge in [0.1, 0.15) is 0 Å². The first kappa shape index (κ1) is 25.8. The van der Waals surface area contributed by atoms with Gasteiger partial charge < -0.3 is 4.90 Å². The van der Waals surface area contributed by atoms with Gasteiger partial charge in [-0.05, 0) is 49.7 Å². The fourth-order valence-corrected chi connectivity index (χ4v) is 7.70. The van der Waals surface area contributed by atoms with E-state index in [9.17, 15) is 35.9 Å². The molecule has 0 aliphatic carbocycles. The van der Waals surface area contributed by atoms with Crippen LogP contribution in [-0.4, -0.2) is 42.9 Å². The summed E-state index contributed by atoms with van der Waals surface area (Å²) in [6.45, 7) is 0.820. The number of carbonyl (C=O) groups is 2. The SMILES string of the molecule is CN1CC2(c3cc(Cl)cc(Cl)c31)C1C(=O)N(c3cc(C(F)(F)F)cc(C(F)(F)F)c3)C(=O)C1C1CCCN12. The van der Waals surface area contributed by atoms with Crippen molar-refractivity contribution in [2.45, 2.75) is 36.8 Å². The number of halogens is 8. The highest BCUT2D eigenvalue weighted by molar-refractivity contribution is 6.37. The second kappa shape index (κ2) is 8.02. The zero-order chi connectivity index (χ0) is 27.5. The van der Waals surface area contributed by atoms with Crippen LogP contribution < -0.4 is 9.80 Å². The molecule has 4 atom stereocenters. The van der Waals surface area contributed by atoms with Crippen molar-refractivity contribution < 1.29 is 35.9 Å². The number of anilines is 2. The fourth-order valence-electron chi connectivity index (χ4n) is 7.06. The van der Waals surface area contributed by atoms with E-state index >= 15 is 0 Å². The second-order valence-electron chi connectivity index (χ2n) is 10.2. The van der Waals surface area contributed by atoms with E-state index in [4.69, 9.17) is 23.2 Å². The predicted octanol–water partition coefficient (Wildman–Crippen LogP) is 5.96. The van der Waals surface area contributed by atoms with Crippen LogP contribution in [0.15, 0.2) is 30.3 Å². The van der Waals surface area contributed by atoms with Gasteiger partial charge in [0.2, 0.25) is 11.8 Å². The highest BCUT2D eigenvalue weighted by atomic mass is 35.5. The van der Waals surface area contributed by atoms with Crippen LogP contribution in [0.3, 0.4) is 0 Å². The summed E-state index contributed by atoms with van der Waals surface area (Å²) < 4.78 is 81.3. The van der Waals surface area contributed by atoms with Gasteiger partial charge in [0.15, 0.2) is 0 Å². The van der Waals surface area contributed by atoms with Gasteiger partial charge in [-0.1, -0.05) is 23.2 Å². The lowest BCUT2D eigenvalue weighted by Crippen LogP contribution is -2.52. The first-order chi connectivity index (χ1) is 17.7. The van der Waals surface area contributed by atoms with Crippen molar-refractivity contribution in [3.63, 3.8) is 0 Å². The Bertz CT molecular complexity index is 1360. The average molecular weight is 578 g/mol. The van der Waals surface area contributed by atoms with E-state index in [1.165, 1.54) is 0 Å². The molecule has 2 aromatic rings. The van der Waals surface area contributed by atoms with E-state index in [1.807, 2.05) is 4.90 Å². The molecule has 3 saturated heterocycles. The van der Waals surface area contributed by atoms with Crippen LogP contribution in [-0.2, 0) is 27.5 Å². The number of carbonyl (C=O) groups excluding carboxylic acids is 2. The molecule has 4 aliphatic rings. The Morgan fingerprint density at radius 2 is 1.55 bits per heavy atom. The average Bonchev–Trinajstić information content (AvgIpc) is 3.50. The van der Waals surface area contributed by atoms with E-state index in [-0.39, 0.29) is 12.6 Å². The van der Waals surface area contributed by atoms with Gasteiger partial charge in [-0.3, -0.25) is 14.5 Å². The minimum absolute atomic E-state index is 0.0261. The van der Waals surface area contributed by atoms with Crippen LogP contribution in [0, 0.1) is 11.8 Å². The Balaban J connectivity index is 1.54. The molecule has 0 N–H and O–H groups in total. The maximum Gasteiger partial charge on any atom is 0.416 e. The van der Waals surface area contributed by atoms with Gasteiger partial charge in [-0.15, -0.1) is 0 Å². The zero-order valence-corrected chi connectivity index (χ0v) is 21.1. The second-order valence-corrected chi connectivity index (χ2v) is 11.1. The van der Waals surface area contributed by atoms with Gasteiger partial charge >= 0.3 is 12.4 Å². The fraction of sp³-hybridized carbons (Fsp3) is 0.440. The third-order valence-electron chi connectivity index (χ3n) is 8.28. The number of hydrogen-bond acceptors (Lipinski definition) is 4. The Kier molecular flexibility index (Phi) is 5.43. The van der Waals surface area contributed by atoms with Crippen molar-refractivity contribution in [2.75, 3.05) is 29.9 Å². The van der Waals surface area contributed by atoms with Crippen molar-refractivity contribution in [1.29, 1.82) is 0 Å². The van der Waals surface area contributed by atoms with E-state index in [2.05, 4.69) is 4.90 Å². The first-order valence-electron chi connectivity index (χ1n) is 11.8. The molecule has 5 nitrogen and oxygen atoms in total. The number of benzene rings is 2. The van der Waals surface area contributed by atoms with Crippen LogP contribution in [0.2, 0.25) is 10.0 Å². The van der Waals surface area contributed by atoms with Gasteiger partial charge in [0.05, 0.1) is 44.9 Å². The molecule has 4 aliphatic heterocycles. The molecule has 13 heteroatoms. The maximum atomic E-state index is 14.0. The molecule has 0 aromatic heterocycles. The lowest BCUT2D eigenvalue weighted by Gasteiger charge is -2.39. The van der Waals surface area contributed by atoms with E-state index in [0.29, 0.717) is 57.7 Å². The van der Waals surface area contributed by atoms with E-state index < -0.39 is 64.4 Å². The molecule has 0 saturated carbocycles. The molecular weight excluding hydrogens is 559 g/mol. The minimum atomic E-state index is -5.12. The van der Waals surface area contributed by atoms with E-state index in [0.717, 1.165) is 0 Å². The monoisotopic (exact) mass is 577 g/mol. The summed E-state index contributed by atoms with van der Waals surface area (Å²) in [5.41, 5.74) is -3.75. The molecule has 0 radical (unpaired) electrons. The quantitative estimate of drug-likeness (QED) is 0.310. The summed E-state index contributed by atoms with van der Waals surface area (Å²) in [6, 6.07) is 3.64. The molecule has 2 amide bonds. The van der Waals surface area contributed by atoms with Crippen LogP contribution in [0.4, 0.5) is 37.7 Å². The molecule has 1 spiro atoms. The number of likely N-dealkylation sites (N-methyl/N-ethyl adjacent to an activating group) is 1. The lowest BCUT2D eigenvalue weighted by molar-refractivity contribution is -0.143.